The highest BCUT2D eigenvalue weighted by molar-refractivity contribution is 5.65. The van der Waals surface area contributed by atoms with Crippen LogP contribution in [0.1, 0.15) is 61.4 Å². The molecule has 1 fully saturated rings. The van der Waals surface area contributed by atoms with Crippen molar-refractivity contribution in [3.05, 3.63) is 57.4 Å². The fourth-order valence-corrected chi connectivity index (χ4v) is 3.76. The van der Waals surface area contributed by atoms with E-state index in [1.54, 1.807) is 0 Å². The van der Waals surface area contributed by atoms with Crippen LogP contribution in [0.2, 0.25) is 0 Å². The second-order valence-electron chi connectivity index (χ2n) is 6.89. The van der Waals surface area contributed by atoms with Gasteiger partial charge in [0.25, 0.3) is 5.56 Å². The summed E-state index contributed by atoms with van der Waals surface area (Å²) >= 11 is 0. The molecule has 1 heterocycles. The lowest BCUT2D eigenvalue weighted by atomic mass is 10.00. The molecule has 0 aliphatic heterocycles. The molecule has 1 aliphatic rings. The van der Waals surface area contributed by atoms with Crippen molar-refractivity contribution in [2.45, 2.75) is 58.5 Å². The first kappa shape index (κ1) is 16.0. The number of aromatic nitrogens is 1. The van der Waals surface area contributed by atoms with E-state index in [4.69, 9.17) is 5.73 Å². The van der Waals surface area contributed by atoms with E-state index in [2.05, 4.69) is 38.1 Å². The maximum Gasteiger partial charge on any atom is 0.256 e. The van der Waals surface area contributed by atoms with Crippen LogP contribution in [-0.2, 0) is 0 Å². The first-order valence-electron chi connectivity index (χ1n) is 8.57. The van der Waals surface area contributed by atoms with Crippen LogP contribution < -0.4 is 11.3 Å². The van der Waals surface area contributed by atoms with Gasteiger partial charge in [-0.15, -0.1) is 0 Å². The van der Waals surface area contributed by atoms with Gasteiger partial charge >= 0.3 is 0 Å². The van der Waals surface area contributed by atoms with Gasteiger partial charge in [-0.1, -0.05) is 36.6 Å². The Morgan fingerprint density at radius 2 is 1.83 bits per heavy atom. The summed E-state index contributed by atoms with van der Waals surface area (Å²) in [5, 5.41) is 0. The van der Waals surface area contributed by atoms with Crippen molar-refractivity contribution in [2.75, 3.05) is 0 Å². The minimum Gasteiger partial charge on any atom is -0.324 e. The van der Waals surface area contributed by atoms with Gasteiger partial charge in [-0.2, -0.15) is 0 Å². The molecular formula is C20H26N2O. The van der Waals surface area contributed by atoms with Crippen LogP contribution >= 0.6 is 0 Å². The molecule has 1 aromatic heterocycles. The predicted octanol–water partition coefficient (Wildman–Crippen LogP) is 4.27. The normalized spacial score (nSPS) is 16.7. The average Bonchev–Trinajstić information content (AvgIpc) is 3.00. The summed E-state index contributed by atoms with van der Waals surface area (Å²) in [5.74, 6) is 0. The lowest BCUT2D eigenvalue weighted by molar-refractivity contribution is 0.502. The maximum atomic E-state index is 13.1. The Labute approximate surface area is 138 Å². The number of hydrogen-bond acceptors (Lipinski definition) is 2. The third kappa shape index (κ3) is 2.98. The molecule has 3 rings (SSSR count). The molecule has 1 saturated carbocycles. The second kappa shape index (κ2) is 6.32. The van der Waals surface area contributed by atoms with Crippen LogP contribution in [0.25, 0.3) is 11.3 Å². The number of rotatable bonds is 3. The van der Waals surface area contributed by atoms with Crippen molar-refractivity contribution in [3.63, 3.8) is 0 Å². The predicted molar refractivity (Wildman–Crippen MR) is 95.7 cm³/mol. The highest BCUT2D eigenvalue weighted by Gasteiger charge is 2.23. The van der Waals surface area contributed by atoms with E-state index in [-0.39, 0.29) is 11.6 Å². The summed E-state index contributed by atoms with van der Waals surface area (Å²) in [4.78, 5) is 13.1. The average molecular weight is 310 g/mol. The minimum atomic E-state index is -0.233. The van der Waals surface area contributed by atoms with E-state index in [0.29, 0.717) is 11.6 Å². The maximum absolute atomic E-state index is 13.1. The molecule has 122 valence electrons. The number of nitrogens with zero attached hydrogens (tertiary/aromatic N) is 1. The third-order valence-electron chi connectivity index (χ3n) is 4.98. The number of aryl methyl sites for hydroxylation is 2. The summed E-state index contributed by atoms with van der Waals surface area (Å²) in [7, 11) is 0. The van der Waals surface area contributed by atoms with Crippen LogP contribution in [0, 0.1) is 13.8 Å². The molecule has 23 heavy (non-hydrogen) atoms. The summed E-state index contributed by atoms with van der Waals surface area (Å²) in [6.07, 6.45) is 4.57. The number of benzene rings is 1. The van der Waals surface area contributed by atoms with Gasteiger partial charge in [0, 0.05) is 23.2 Å². The third-order valence-corrected chi connectivity index (χ3v) is 4.98. The van der Waals surface area contributed by atoms with E-state index in [1.807, 2.05) is 17.6 Å². The molecule has 1 unspecified atom stereocenters. The molecule has 1 aromatic carbocycles. The summed E-state index contributed by atoms with van der Waals surface area (Å²) < 4.78 is 2.02. The Bertz CT molecular complexity index is 768. The minimum absolute atomic E-state index is 0.0874. The van der Waals surface area contributed by atoms with E-state index >= 15 is 0 Å². The Morgan fingerprint density at radius 1 is 1.13 bits per heavy atom. The van der Waals surface area contributed by atoms with Gasteiger partial charge in [-0.05, 0) is 51.3 Å². The van der Waals surface area contributed by atoms with Crippen molar-refractivity contribution in [1.29, 1.82) is 0 Å². The molecular weight excluding hydrogens is 284 g/mol. The van der Waals surface area contributed by atoms with Crippen LogP contribution in [0.4, 0.5) is 0 Å². The molecule has 2 aromatic rings. The zero-order valence-corrected chi connectivity index (χ0v) is 14.3. The smallest absolute Gasteiger partial charge is 0.256 e. The number of nitrogens with two attached hydrogens (primary N) is 1. The Balaban J connectivity index is 2.23. The molecule has 0 spiro atoms. The van der Waals surface area contributed by atoms with Crippen LogP contribution in [-0.4, -0.2) is 4.57 Å². The monoisotopic (exact) mass is 310 g/mol. The molecule has 0 saturated heterocycles. The molecule has 3 heteroatoms. The summed E-state index contributed by atoms with van der Waals surface area (Å²) in [6, 6.07) is 10.5. The zero-order chi connectivity index (χ0) is 16.6. The highest BCUT2D eigenvalue weighted by atomic mass is 16.1. The molecule has 1 atom stereocenters. The quantitative estimate of drug-likeness (QED) is 0.920. The van der Waals surface area contributed by atoms with Gasteiger partial charge in [0.2, 0.25) is 0 Å². The Morgan fingerprint density at radius 3 is 2.43 bits per heavy atom. The topological polar surface area (TPSA) is 48.0 Å². The van der Waals surface area contributed by atoms with E-state index < -0.39 is 0 Å². The first-order chi connectivity index (χ1) is 11.0. The van der Waals surface area contributed by atoms with Crippen LogP contribution in [0.5, 0.6) is 0 Å². The largest absolute Gasteiger partial charge is 0.324 e. The van der Waals surface area contributed by atoms with Gasteiger partial charge in [0.15, 0.2) is 0 Å². The Kier molecular flexibility index (Phi) is 4.40. The molecule has 1 aliphatic carbocycles. The van der Waals surface area contributed by atoms with Gasteiger partial charge in [-0.25, -0.2) is 0 Å². The van der Waals surface area contributed by atoms with E-state index in [0.717, 1.165) is 24.1 Å². The lowest BCUT2D eigenvalue weighted by Crippen LogP contribution is -2.30. The number of pyridine rings is 1. The molecule has 2 N–H and O–H groups in total. The van der Waals surface area contributed by atoms with Crippen molar-refractivity contribution in [3.8, 4) is 11.3 Å². The first-order valence-corrected chi connectivity index (χ1v) is 8.57. The van der Waals surface area contributed by atoms with Gasteiger partial charge < -0.3 is 10.3 Å². The zero-order valence-electron chi connectivity index (χ0n) is 14.3. The van der Waals surface area contributed by atoms with Crippen molar-refractivity contribution < 1.29 is 0 Å². The van der Waals surface area contributed by atoms with Crippen molar-refractivity contribution in [2.24, 2.45) is 5.73 Å². The second-order valence-corrected chi connectivity index (χ2v) is 6.89. The van der Waals surface area contributed by atoms with Gasteiger partial charge in [-0.3, -0.25) is 4.79 Å². The summed E-state index contributed by atoms with van der Waals surface area (Å²) in [5.41, 5.74) is 11.4. The standard InChI is InChI=1S/C20H26N2O/c1-13-8-9-17(14(2)12-13)19-11-10-18(15(3)21)20(23)22(19)16-6-4-5-7-16/h8-12,15-16H,4-7,21H2,1-3H3. The highest BCUT2D eigenvalue weighted by Crippen LogP contribution is 2.33. The SMILES string of the molecule is Cc1ccc(-c2ccc(C(C)N)c(=O)n2C2CCCC2)c(C)c1. The van der Waals surface area contributed by atoms with Crippen LogP contribution in [0.15, 0.2) is 35.1 Å². The van der Waals surface area contributed by atoms with Gasteiger partial charge in [0.1, 0.15) is 0 Å². The van der Waals surface area contributed by atoms with E-state index in [9.17, 15) is 4.79 Å². The molecule has 0 bridgehead atoms. The molecule has 0 radical (unpaired) electrons. The van der Waals surface area contributed by atoms with E-state index in [1.165, 1.54) is 24.0 Å². The van der Waals surface area contributed by atoms with Crippen LogP contribution in [0.3, 0.4) is 0 Å². The fraction of sp³-hybridized carbons (Fsp3) is 0.450. The summed E-state index contributed by atoms with van der Waals surface area (Å²) in [6.45, 7) is 6.10. The molecule has 3 nitrogen and oxygen atoms in total. The lowest BCUT2D eigenvalue weighted by Gasteiger charge is -2.22. The molecule has 0 amide bonds. The van der Waals surface area contributed by atoms with Crippen molar-refractivity contribution >= 4 is 0 Å². The van der Waals surface area contributed by atoms with Gasteiger partial charge in [0.05, 0.1) is 5.69 Å². The fourth-order valence-electron chi connectivity index (χ4n) is 3.76. The van der Waals surface area contributed by atoms with Crippen molar-refractivity contribution in [1.82, 2.24) is 4.57 Å². The number of hydrogen-bond donors (Lipinski definition) is 1. The Hall–Kier alpha value is -1.87.